The average molecular weight is 365 g/mol. The van der Waals surface area contributed by atoms with E-state index in [1.165, 1.54) is 5.52 Å². The molecule has 1 unspecified atom stereocenters. The number of nitrogens with zero attached hydrogens (tertiary/aromatic N) is 4. The third kappa shape index (κ3) is 3.13. The van der Waals surface area contributed by atoms with Crippen LogP contribution in [0.15, 0.2) is 30.6 Å². The number of piperidine rings is 1. The molecule has 6 heteroatoms. The summed E-state index contributed by atoms with van der Waals surface area (Å²) in [5.41, 5.74) is 3.68. The first-order valence-electron chi connectivity index (χ1n) is 9.88. The van der Waals surface area contributed by atoms with Gasteiger partial charge >= 0.3 is 0 Å². The average Bonchev–Trinajstić information content (AvgIpc) is 3.31. The van der Waals surface area contributed by atoms with Gasteiger partial charge < -0.3 is 14.5 Å². The monoisotopic (exact) mass is 365 g/mol. The number of imidazole rings is 2. The van der Waals surface area contributed by atoms with Crippen LogP contribution in [0.1, 0.15) is 67.6 Å². The summed E-state index contributed by atoms with van der Waals surface area (Å²) in [4.78, 5) is 27.3. The molecule has 1 amide bonds. The van der Waals surface area contributed by atoms with Crippen LogP contribution in [0.4, 0.5) is 0 Å². The number of likely N-dealkylation sites (tertiary alicyclic amines) is 1. The van der Waals surface area contributed by atoms with Crippen molar-refractivity contribution in [2.75, 3.05) is 13.1 Å². The first-order valence-corrected chi connectivity index (χ1v) is 9.88. The zero-order chi connectivity index (χ0) is 19.0. The second-order valence-corrected chi connectivity index (χ2v) is 7.60. The van der Waals surface area contributed by atoms with Crippen molar-refractivity contribution in [3.05, 3.63) is 47.8 Å². The van der Waals surface area contributed by atoms with E-state index < -0.39 is 0 Å². The van der Waals surface area contributed by atoms with E-state index in [-0.39, 0.29) is 11.8 Å². The highest BCUT2D eigenvalue weighted by molar-refractivity contribution is 5.93. The summed E-state index contributed by atoms with van der Waals surface area (Å²) in [5.74, 6) is 1.38. The Kier molecular flexibility index (Phi) is 4.72. The molecule has 0 radical (unpaired) electrons. The Bertz CT molecular complexity index is 955. The normalized spacial score (nSPS) is 17.8. The van der Waals surface area contributed by atoms with Gasteiger partial charge in [-0.15, -0.1) is 0 Å². The van der Waals surface area contributed by atoms with E-state index in [0.29, 0.717) is 18.3 Å². The van der Waals surface area contributed by atoms with Crippen molar-refractivity contribution in [2.24, 2.45) is 0 Å². The number of rotatable bonds is 4. The van der Waals surface area contributed by atoms with E-state index >= 15 is 0 Å². The molecule has 0 bridgehead atoms. The lowest BCUT2D eigenvalue weighted by Crippen LogP contribution is -2.40. The SMILES string of the molecule is CCc1[nH]cnc1C(=O)N1CCCC(c2nc3ccccc3n2C(C)C)C1. The quantitative estimate of drug-likeness (QED) is 0.762. The van der Waals surface area contributed by atoms with E-state index in [4.69, 9.17) is 4.98 Å². The van der Waals surface area contributed by atoms with Gasteiger partial charge in [0.25, 0.3) is 5.91 Å². The third-order valence-corrected chi connectivity index (χ3v) is 5.49. The minimum atomic E-state index is 0.0324. The lowest BCUT2D eigenvalue weighted by molar-refractivity contribution is 0.0696. The number of aromatic nitrogens is 4. The van der Waals surface area contributed by atoms with E-state index in [9.17, 15) is 4.79 Å². The third-order valence-electron chi connectivity index (χ3n) is 5.49. The summed E-state index contributed by atoms with van der Waals surface area (Å²) in [7, 11) is 0. The highest BCUT2D eigenvalue weighted by Gasteiger charge is 2.31. The van der Waals surface area contributed by atoms with Crippen LogP contribution in [0.25, 0.3) is 11.0 Å². The van der Waals surface area contributed by atoms with Crippen LogP contribution in [0.3, 0.4) is 0 Å². The Morgan fingerprint density at radius 1 is 1.33 bits per heavy atom. The number of para-hydroxylation sites is 2. The summed E-state index contributed by atoms with van der Waals surface area (Å²) in [6, 6.07) is 8.63. The van der Waals surface area contributed by atoms with Crippen LogP contribution in [-0.2, 0) is 6.42 Å². The Balaban J connectivity index is 1.65. The van der Waals surface area contributed by atoms with Crippen molar-refractivity contribution in [1.29, 1.82) is 0 Å². The lowest BCUT2D eigenvalue weighted by atomic mass is 9.96. The van der Waals surface area contributed by atoms with Gasteiger partial charge in [0.1, 0.15) is 11.5 Å². The number of aromatic amines is 1. The molecule has 1 atom stereocenters. The molecule has 1 saturated heterocycles. The van der Waals surface area contributed by atoms with Crippen molar-refractivity contribution in [3.63, 3.8) is 0 Å². The fraction of sp³-hybridized carbons (Fsp3) is 0.476. The van der Waals surface area contributed by atoms with Crippen molar-refractivity contribution in [1.82, 2.24) is 24.4 Å². The second-order valence-electron chi connectivity index (χ2n) is 7.60. The molecule has 0 aliphatic carbocycles. The fourth-order valence-corrected chi connectivity index (χ4v) is 4.19. The van der Waals surface area contributed by atoms with Gasteiger partial charge in [-0.05, 0) is 45.2 Å². The molecule has 0 spiro atoms. The molecular formula is C21H27N5O. The number of aryl methyl sites for hydroxylation is 1. The molecule has 1 N–H and O–H groups in total. The highest BCUT2D eigenvalue weighted by atomic mass is 16.2. The maximum absolute atomic E-state index is 13.0. The van der Waals surface area contributed by atoms with Gasteiger partial charge in [0, 0.05) is 30.7 Å². The lowest BCUT2D eigenvalue weighted by Gasteiger charge is -2.33. The van der Waals surface area contributed by atoms with Crippen LogP contribution >= 0.6 is 0 Å². The largest absolute Gasteiger partial charge is 0.348 e. The fourth-order valence-electron chi connectivity index (χ4n) is 4.19. The Labute approximate surface area is 159 Å². The molecule has 3 heterocycles. The number of H-pyrrole nitrogens is 1. The van der Waals surface area contributed by atoms with Gasteiger partial charge in [0.2, 0.25) is 0 Å². The summed E-state index contributed by atoms with van der Waals surface area (Å²) in [6.45, 7) is 7.91. The maximum atomic E-state index is 13.0. The highest BCUT2D eigenvalue weighted by Crippen LogP contribution is 2.32. The van der Waals surface area contributed by atoms with Gasteiger partial charge in [-0.3, -0.25) is 4.79 Å². The summed E-state index contributed by atoms with van der Waals surface area (Å²) >= 11 is 0. The molecule has 1 aliphatic heterocycles. The van der Waals surface area contributed by atoms with Gasteiger partial charge in [-0.25, -0.2) is 9.97 Å². The molecule has 2 aromatic heterocycles. The van der Waals surface area contributed by atoms with Gasteiger partial charge in [-0.2, -0.15) is 0 Å². The summed E-state index contributed by atoms with van der Waals surface area (Å²) in [6.07, 6.45) is 4.44. The van der Waals surface area contributed by atoms with Gasteiger partial charge in [-0.1, -0.05) is 19.1 Å². The molecule has 0 saturated carbocycles. The first-order chi connectivity index (χ1) is 13.1. The molecule has 4 rings (SSSR count). The maximum Gasteiger partial charge on any atom is 0.274 e. The molecule has 3 aromatic rings. The van der Waals surface area contributed by atoms with E-state index in [0.717, 1.165) is 42.8 Å². The Morgan fingerprint density at radius 2 is 2.15 bits per heavy atom. The standard InChI is InChI=1S/C21H27N5O/c1-4-16-19(23-13-22-16)21(27)25-11-7-8-15(12-25)20-24-17-9-5-6-10-18(17)26(20)14(2)3/h5-6,9-10,13-15H,4,7-8,11-12H2,1-3H3,(H,22,23). The second kappa shape index (κ2) is 7.18. The number of fused-ring (bicyclic) bond motifs is 1. The summed E-state index contributed by atoms with van der Waals surface area (Å²) < 4.78 is 2.33. The molecule has 1 aromatic carbocycles. The minimum Gasteiger partial charge on any atom is -0.348 e. The number of carbonyl (C=O) groups is 1. The van der Waals surface area contributed by atoms with Crippen LogP contribution in [0, 0.1) is 0 Å². The molecular weight excluding hydrogens is 338 g/mol. The van der Waals surface area contributed by atoms with Crippen molar-refractivity contribution < 1.29 is 4.79 Å². The Hall–Kier alpha value is -2.63. The predicted octanol–water partition coefficient (Wildman–Crippen LogP) is 3.92. The zero-order valence-electron chi connectivity index (χ0n) is 16.3. The van der Waals surface area contributed by atoms with Crippen molar-refractivity contribution >= 4 is 16.9 Å². The molecule has 1 aliphatic rings. The van der Waals surface area contributed by atoms with Crippen LogP contribution < -0.4 is 0 Å². The number of benzene rings is 1. The van der Waals surface area contributed by atoms with Crippen molar-refractivity contribution in [3.8, 4) is 0 Å². The minimum absolute atomic E-state index is 0.0324. The molecule has 6 nitrogen and oxygen atoms in total. The smallest absolute Gasteiger partial charge is 0.274 e. The van der Waals surface area contributed by atoms with Crippen LogP contribution in [0.2, 0.25) is 0 Å². The van der Waals surface area contributed by atoms with E-state index in [1.54, 1.807) is 6.33 Å². The van der Waals surface area contributed by atoms with E-state index in [2.05, 4.69) is 46.6 Å². The predicted molar refractivity (Wildman–Crippen MR) is 106 cm³/mol. The topological polar surface area (TPSA) is 66.8 Å². The van der Waals surface area contributed by atoms with Crippen LogP contribution in [0.5, 0.6) is 0 Å². The van der Waals surface area contributed by atoms with Gasteiger partial charge in [0.15, 0.2) is 0 Å². The Morgan fingerprint density at radius 3 is 2.93 bits per heavy atom. The number of hydrogen-bond acceptors (Lipinski definition) is 3. The number of carbonyl (C=O) groups excluding carboxylic acids is 1. The first kappa shape index (κ1) is 17.8. The van der Waals surface area contributed by atoms with Crippen LogP contribution in [-0.4, -0.2) is 43.4 Å². The summed E-state index contributed by atoms with van der Waals surface area (Å²) in [5, 5.41) is 0. The number of nitrogens with one attached hydrogen (secondary N) is 1. The van der Waals surface area contributed by atoms with E-state index in [1.807, 2.05) is 17.9 Å². The molecule has 142 valence electrons. The van der Waals surface area contributed by atoms with Crippen molar-refractivity contribution in [2.45, 2.75) is 52.0 Å². The number of hydrogen-bond donors (Lipinski definition) is 1. The van der Waals surface area contributed by atoms with Gasteiger partial charge in [0.05, 0.1) is 17.4 Å². The molecule has 1 fully saturated rings. The zero-order valence-corrected chi connectivity index (χ0v) is 16.3. The number of amides is 1. The molecule has 27 heavy (non-hydrogen) atoms.